The first-order valence-electron chi connectivity index (χ1n) is 2.05. The molecule has 1 radical (unpaired) electrons. The van der Waals surface area contributed by atoms with Crippen molar-refractivity contribution in [1.82, 2.24) is 5.32 Å². The average molecular weight is 107 g/mol. The highest BCUT2D eigenvalue weighted by atomic mass is 35.5. The van der Waals surface area contributed by atoms with Crippen LogP contribution >= 0.6 is 12.4 Å². The van der Waals surface area contributed by atoms with Gasteiger partial charge < -0.3 is 5.32 Å². The molecule has 1 aliphatic rings. The summed E-state index contributed by atoms with van der Waals surface area (Å²) in [4.78, 5) is 0. The maximum absolute atomic E-state index is 3.10. The second kappa shape index (κ2) is 3.44. The van der Waals surface area contributed by atoms with Crippen LogP contribution in [-0.2, 0) is 0 Å². The van der Waals surface area contributed by atoms with Crippen LogP contribution in [-0.4, -0.2) is 6.54 Å². The van der Waals surface area contributed by atoms with Crippen molar-refractivity contribution < 1.29 is 0 Å². The quantitative estimate of drug-likeness (QED) is 0.485. The smallest absolute Gasteiger partial charge is 0.0221 e. The van der Waals surface area contributed by atoms with E-state index in [1.807, 2.05) is 0 Å². The van der Waals surface area contributed by atoms with E-state index in [4.69, 9.17) is 0 Å². The summed E-state index contributed by atoms with van der Waals surface area (Å²) in [6.45, 7) is 3.31. The molecule has 1 N–H and O–H groups in total. The van der Waals surface area contributed by atoms with Gasteiger partial charge in [0.25, 0.3) is 0 Å². The van der Waals surface area contributed by atoms with E-state index in [2.05, 4.69) is 11.9 Å². The Balaban J connectivity index is 0.000000250. The fourth-order valence-corrected chi connectivity index (χ4v) is 0.510. The Morgan fingerprint density at radius 3 is 2.50 bits per heavy atom. The summed E-state index contributed by atoms with van der Waals surface area (Å²) in [6, 6.07) is 0. The third-order valence-electron chi connectivity index (χ3n) is 0.814. The minimum Gasteiger partial charge on any atom is -0.312 e. The summed E-state index contributed by atoms with van der Waals surface area (Å²) in [5.41, 5.74) is 0. The van der Waals surface area contributed by atoms with Gasteiger partial charge in [0.2, 0.25) is 0 Å². The summed E-state index contributed by atoms with van der Waals surface area (Å²) in [6.07, 6.45) is 2.60. The Labute approximate surface area is 44.5 Å². The van der Waals surface area contributed by atoms with Crippen molar-refractivity contribution in [3.8, 4) is 0 Å². The average Bonchev–Trinajstić information content (AvgIpc) is 1.76. The molecule has 0 spiro atoms. The lowest BCUT2D eigenvalue weighted by Crippen LogP contribution is -1.98. The van der Waals surface area contributed by atoms with Gasteiger partial charge >= 0.3 is 0 Å². The Hall–Kier alpha value is 0.250. The number of nitrogens with one attached hydrogen (secondary N) is 1. The van der Waals surface area contributed by atoms with E-state index in [9.17, 15) is 0 Å². The molecule has 0 saturated carbocycles. The molecule has 1 saturated heterocycles. The van der Waals surface area contributed by atoms with Crippen LogP contribution in [0.4, 0.5) is 0 Å². The SMILES string of the molecule is Cl.[CH]1CCCN1. The number of halogens is 1. The van der Waals surface area contributed by atoms with Gasteiger partial charge in [-0.25, -0.2) is 0 Å². The molecule has 1 heterocycles. The van der Waals surface area contributed by atoms with Gasteiger partial charge in [-0.05, 0) is 19.4 Å². The number of rotatable bonds is 0. The molecule has 1 rings (SSSR count). The number of hydrogen-bond acceptors (Lipinski definition) is 1. The lowest BCUT2D eigenvalue weighted by Gasteiger charge is -1.75. The van der Waals surface area contributed by atoms with E-state index in [-0.39, 0.29) is 12.4 Å². The maximum atomic E-state index is 3.10. The van der Waals surface area contributed by atoms with Crippen LogP contribution < -0.4 is 5.32 Å². The van der Waals surface area contributed by atoms with Gasteiger partial charge in [0.1, 0.15) is 0 Å². The van der Waals surface area contributed by atoms with E-state index < -0.39 is 0 Å². The molecule has 6 heavy (non-hydrogen) atoms. The van der Waals surface area contributed by atoms with Crippen LogP contribution in [0.2, 0.25) is 0 Å². The fourth-order valence-electron chi connectivity index (χ4n) is 0.510. The second-order valence-electron chi connectivity index (χ2n) is 1.30. The molecule has 1 fully saturated rings. The Bertz CT molecular complexity index is 19.1. The molecule has 2 heteroatoms. The van der Waals surface area contributed by atoms with E-state index >= 15 is 0 Å². The van der Waals surface area contributed by atoms with E-state index in [1.54, 1.807) is 0 Å². The summed E-state index contributed by atoms with van der Waals surface area (Å²) < 4.78 is 0. The largest absolute Gasteiger partial charge is 0.312 e. The highest BCUT2D eigenvalue weighted by Gasteiger charge is 1.93. The zero-order chi connectivity index (χ0) is 3.54. The van der Waals surface area contributed by atoms with Crippen LogP contribution in [0.25, 0.3) is 0 Å². The maximum Gasteiger partial charge on any atom is 0.0221 e. The lowest BCUT2D eigenvalue weighted by molar-refractivity contribution is 0.902. The van der Waals surface area contributed by atoms with E-state index in [1.165, 1.54) is 19.4 Å². The third-order valence-corrected chi connectivity index (χ3v) is 0.814. The highest BCUT2D eigenvalue weighted by molar-refractivity contribution is 5.85. The van der Waals surface area contributed by atoms with Gasteiger partial charge in [0.15, 0.2) is 0 Å². The summed E-state index contributed by atoms with van der Waals surface area (Å²) in [5.74, 6) is 0. The van der Waals surface area contributed by atoms with Crippen molar-refractivity contribution in [2.45, 2.75) is 12.8 Å². The first-order chi connectivity index (χ1) is 2.50. The van der Waals surface area contributed by atoms with Crippen LogP contribution in [0.3, 0.4) is 0 Å². The van der Waals surface area contributed by atoms with Crippen LogP contribution in [0.5, 0.6) is 0 Å². The predicted molar refractivity (Wildman–Crippen MR) is 28.8 cm³/mol. The molecule has 37 valence electrons. The Morgan fingerprint density at radius 2 is 2.33 bits per heavy atom. The van der Waals surface area contributed by atoms with Crippen molar-refractivity contribution in [2.75, 3.05) is 6.54 Å². The van der Waals surface area contributed by atoms with Crippen molar-refractivity contribution in [1.29, 1.82) is 0 Å². The zero-order valence-corrected chi connectivity index (χ0v) is 4.42. The minimum absolute atomic E-state index is 0. The van der Waals surface area contributed by atoms with Crippen molar-refractivity contribution >= 4 is 12.4 Å². The Morgan fingerprint density at radius 1 is 1.50 bits per heavy atom. The molecule has 1 nitrogen and oxygen atoms in total. The molecule has 0 aromatic carbocycles. The van der Waals surface area contributed by atoms with Gasteiger partial charge in [0, 0.05) is 6.54 Å². The van der Waals surface area contributed by atoms with Gasteiger partial charge in [-0.3, -0.25) is 0 Å². The molecule has 0 bridgehead atoms. The number of hydrogen-bond donors (Lipinski definition) is 1. The molecule has 0 aromatic rings. The second-order valence-corrected chi connectivity index (χ2v) is 1.30. The monoisotopic (exact) mass is 106 g/mol. The normalized spacial score (nSPS) is 20.0. The van der Waals surface area contributed by atoms with Crippen LogP contribution in [0, 0.1) is 6.54 Å². The summed E-state index contributed by atoms with van der Waals surface area (Å²) in [7, 11) is 0. The standard InChI is InChI=1S/C4H8N.ClH/c1-2-4-5-3-1;/h3,5H,1-2,4H2;1H. The first-order valence-corrected chi connectivity index (χ1v) is 2.05. The Kier molecular flexibility index (Phi) is 3.58. The summed E-state index contributed by atoms with van der Waals surface area (Å²) in [5, 5.41) is 3.10. The topological polar surface area (TPSA) is 12.0 Å². The third kappa shape index (κ3) is 1.63. The summed E-state index contributed by atoms with van der Waals surface area (Å²) >= 11 is 0. The molecule has 0 aromatic heterocycles. The highest BCUT2D eigenvalue weighted by Crippen LogP contribution is 1.95. The van der Waals surface area contributed by atoms with Gasteiger partial charge in [-0.1, -0.05) is 0 Å². The lowest BCUT2D eigenvalue weighted by atomic mass is 10.4. The predicted octanol–water partition coefficient (Wildman–Crippen LogP) is 0.953. The molecular weight excluding hydrogens is 97.5 g/mol. The van der Waals surface area contributed by atoms with Gasteiger partial charge in [-0.15, -0.1) is 12.4 Å². The van der Waals surface area contributed by atoms with E-state index in [0.29, 0.717) is 0 Å². The molecule has 0 atom stereocenters. The molecule has 0 amide bonds. The van der Waals surface area contributed by atoms with Crippen molar-refractivity contribution in [2.24, 2.45) is 0 Å². The molecule has 1 aliphatic heterocycles. The van der Waals surface area contributed by atoms with Crippen molar-refractivity contribution in [3.05, 3.63) is 6.54 Å². The van der Waals surface area contributed by atoms with E-state index in [0.717, 1.165) is 0 Å². The van der Waals surface area contributed by atoms with Crippen LogP contribution in [0.1, 0.15) is 12.8 Å². The first kappa shape index (κ1) is 6.25. The minimum atomic E-state index is 0. The fraction of sp³-hybridized carbons (Fsp3) is 0.750. The molecule has 0 aliphatic carbocycles. The van der Waals surface area contributed by atoms with Crippen LogP contribution in [0.15, 0.2) is 0 Å². The zero-order valence-electron chi connectivity index (χ0n) is 3.61. The van der Waals surface area contributed by atoms with Gasteiger partial charge in [-0.2, -0.15) is 0 Å². The molecule has 0 unspecified atom stereocenters. The van der Waals surface area contributed by atoms with Gasteiger partial charge in [0.05, 0.1) is 0 Å². The molecular formula is C4H9ClN. The van der Waals surface area contributed by atoms with Crippen molar-refractivity contribution in [3.63, 3.8) is 0 Å².